The number of nitrogens with zero attached hydrogens (tertiary/aromatic N) is 3. The highest BCUT2D eigenvalue weighted by atomic mass is 15.6. The molecule has 0 amide bonds. The minimum absolute atomic E-state index is 0.103. The zero-order valence-electron chi connectivity index (χ0n) is 11.8. The van der Waals surface area contributed by atoms with Gasteiger partial charge in [-0.2, -0.15) is 5.10 Å². The predicted octanol–water partition coefficient (Wildman–Crippen LogP) is 2.85. The second kappa shape index (κ2) is 5.01. The smallest absolute Gasteiger partial charge is 0.112 e. The van der Waals surface area contributed by atoms with Crippen molar-refractivity contribution in [3.63, 3.8) is 0 Å². The largest absolute Gasteiger partial charge is 0.345 e. The third-order valence-electron chi connectivity index (χ3n) is 3.59. The Balaban J connectivity index is 1.92. The average Bonchev–Trinajstić information content (AvgIpc) is 2.76. The van der Waals surface area contributed by atoms with Crippen LogP contribution in [0.25, 0.3) is 0 Å². The second-order valence-corrected chi connectivity index (χ2v) is 5.83. The van der Waals surface area contributed by atoms with Crippen LogP contribution in [0.3, 0.4) is 0 Å². The first kappa shape index (κ1) is 12.9. The predicted molar refractivity (Wildman–Crippen MR) is 76.5 cm³/mol. The maximum absolute atomic E-state index is 4.45. The molecule has 3 heteroatoms. The highest BCUT2D eigenvalue weighted by molar-refractivity contribution is 5.55. The Kier molecular flexibility index (Phi) is 3.60. The molecule has 18 heavy (non-hydrogen) atoms. The molecule has 98 valence electrons. The van der Waals surface area contributed by atoms with Crippen LogP contribution >= 0.6 is 0 Å². The van der Waals surface area contributed by atoms with E-state index in [-0.39, 0.29) is 5.54 Å². The minimum atomic E-state index is 0.103. The first-order valence-corrected chi connectivity index (χ1v) is 6.55. The van der Waals surface area contributed by atoms with Gasteiger partial charge in [0.25, 0.3) is 0 Å². The lowest BCUT2D eigenvalue weighted by Crippen LogP contribution is -2.41. The van der Waals surface area contributed by atoms with Gasteiger partial charge in [-0.3, -0.25) is 5.01 Å². The molecule has 0 saturated heterocycles. The van der Waals surface area contributed by atoms with Crippen molar-refractivity contribution in [2.45, 2.75) is 39.2 Å². The second-order valence-electron chi connectivity index (χ2n) is 5.83. The van der Waals surface area contributed by atoms with Gasteiger partial charge in [0.15, 0.2) is 0 Å². The Bertz CT molecular complexity index is 420. The highest BCUT2D eigenvalue weighted by Gasteiger charge is 2.28. The van der Waals surface area contributed by atoms with E-state index < -0.39 is 0 Å². The Morgan fingerprint density at radius 2 is 1.89 bits per heavy atom. The molecule has 0 N–H and O–H groups in total. The van der Waals surface area contributed by atoms with Crippen LogP contribution in [0.2, 0.25) is 0 Å². The standard InChI is InChI=1S/C15H23N3/c1-13-5-7-14(8-6-13)9-10-15(2,3)18-12-17(4)11-16-18/h5-8,11H,9-10,12H2,1-4H3. The topological polar surface area (TPSA) is 18.8 Å². The van der Waals surface area contributed by atoms with Crippen molar-refractivity contribution in [3.8, 4) is 0 Å². The molecule has 0 spiro atoms. The van der Waals surface area contributed by atoms with Gasteiger partial charge in [0.2, 0.25) is 0 Å². The molecule has 3 nitrogen and oxygen atoms in total. The van der Waals surface area contributed by atoms with E-state index in [9.17, 15) is 0 Å². The number of hydrogen-bond donors (Lipinski definition) is 0. The Morgan fingerprint density at radius 1 is 1.22 bits per heavy atom. The maximum Gasteiger partial charge on any atom is 0.112 e. The van der Waals surface area contributed by atoms with Crippen LogP contribution in [-0.2, 0) is 6.42 Å². The van der Waals surface area contributed by atoms with Crippen molar-refractivity contribution in [1.82, 2.24) is 9.91 Å². The quantitative estimate of drug-likeness (QED) is 0.812. The van der Waals surface area contributed by atoms with E-state index in [1.807, 2.05) is 6.34 Å². The van der Waals surface area contributed by atoms with Crippen LogP contribution in [0, 0.1) is 6.92 Å². The summed E-state index contributed by atoms with van der Waals surface area (Å²) >= 11 is 0. The molecule has 0 aromatic heterocycles. The molecular formula is C15H23N3. The molecule has 1 heterocycles. The SMILES string of the molecule is Cc1ccc(CCC(C)(C)N2CN(C)C=N2)cc1. The summed E-state index contributed by atoms with van der Waals surface area (Å²) in [5.41, 5.74) is 2.83. The van der Waals surface area contributed by atoms with Gasteiger partial charge in [-0.1, -0.05) is 29.8 Å². The van der Waals surface area contributed by atoms with Gasteiger partial charge >= 0.3 is 0 Å². The molecule has 1 aromatic rings. The van der Waals surface area contributed by atoms with Gasteiger partial charge in [0.1, 0.15) is 13.0 Å². The number of rotatable bonds is 4. The molecule has 0 fully saturated rings. The lowest BCUT2D eigenvalue weighted by Gasteiger charge is -2.34. The van der Waals surface area contributed by atoms with Crippen LogP contribution in [0.5, 0.6) is 0 Å². The average molecular weight is 245 g/mol. The summed E-state index contributed by atoms with van der Waals surface area (Å²) in [6.45, 7) is 7.54. The monoisotopic (exact) mass is 245 g/mol. The molecule has 0 atom stereocenters. The van der Waals surface area contributed by atoms with E-state index in [2.05, 4.69) is 67.1 Å². The highest BCUT2D eigenvalue weighted by Crippen LogP contribution is 2.23. The van der Waals surface area contributed by atoms with Crippen molar-refractivity contribution in [2.75, 3.05) is 13.7 Å². The third-order valence-corrected chi connectivity index (χ3v) is 3.59. The number of hydrazone groups is 1. The van der Waals surface area contributed by atoms with E-state index >= 15 is 0 Å². The first-order valence-electron chi connectivity index (χ1n) is 6.55. The van der Waals surface area contributed by atoms with Gasteiger partial charge in [-0.15, -0.1) is 0 Å². The van der Waals surface area contributed by atoms with Crippen molar-refractivity contribution in [2.24, 2.45) is 5.10 Å². The van der Waals surface area contributed by atoms with E-state index in [1.54, 1.807) is 0 Å². The summed E-state index contributed by atoms with van der Waals surface area (Å²) in [7, 11) is 2.06. The maximum atomic E-state index is 4.45. The minimum Gasteiger partial charge on any atom is -0.345 e. The number of benzene rings is 1. The lowest BCUT2D eigenvalue weighted by molar-refractivity contribution is 0.102. The van der Waals surface area contributed by atoms with Crippen LogP contribution in [0.1, 0.15) is 31.4 Å². The Morgan fingerprint density at radius 3 is 2.44 bits per heavy atom. The van der Waals surface area contributed by atoms with Gasteiger partial charge in [-0.05, 0) is 39.2 Å². The molecule has 0 unspecified atom stereocenters. The third kappa shape index (κ3) is 3.03. The molecule has 0 bridgehead atoms. The summed E-state index contributed by atoms with van der Waals surface area (Å²) in [5.74, 6) is 0. The molecule has 0 saturated carbocycles. The lowest BCUT2D eigenvalue weighted by atomic mass is 9.94. The van der Waals surface area contributed by atoms with Crippen molar-refractivity contribution in [1.29, 1.82) is 0 Å². The zero-order chi connectivity index (χ0) is 13.2. The fraction of sp³-hybridized carbons (Fsp3) is 0.533. The molecule has 0 radical (unpaired) electrons. The van der Waals surface area contributed by atoms with E-state index in [4.69, 9.17) is 0 Å². The van der Waals surface area contributed by atoms with Gasteiger partial charge in [0, 0.05) is 7.05 Å². The fourth-order valence-corrected chi connectivity index (χ4v) is 2.12. The zero-order valence-corrected chi connectivity index (χ0v) is 11.8. The van der Waals surface area contributed by atoms with Crippen molar-refractivity contribution < 1.29 is 0 Å². The molecule has 1 aliphatic heterocycles. The summed E-state index contributed by atoms with van der Waals surface area (Å²) in [6, 6.07) is 8.82. The normalized spacial score (nSPS) is 15.6. The molecule has 1 aromatic carbocycles. The van der Waals surface area contributed by atoms with Crippen LogP contribution < -0.4 is 0 Å². The molecule has 0 aliphatic carbocycles. The van der Waals surface area contributed by atoms with Crippen molar-refractivity contribution >= 4 is 6.34 Å². The van der Waals surface area contributed by atoms with Crippen LogP contribution in [-0.4, -0.2) is 35.5 Å². The van der Waals surface area contributed by atoms with E-state index in [0.717, 1.165) is 19.5 Å². The summed E-state index contributed by atoms with van der Waals surface area (Å²) in [6.07, 6.45) is 4.11. The summed E-state index contributed by atoms with van der Waals surface area (Å²) in [4.78, 5) is 2.10. The number of hydrogen-bond acceptors (Lipinski definition) is 3. The van der Waals surface area contributed by atoms with Gasteiger partial charge in [-0.25, -0.2) is 0 Å². The van der Waals surface area contributed by atoms with E-state index in [0.29, 0.717) is 0 Å². The Hall–Kier alpha value is -1.51. The number of aryl methyl sites for hydroxylation is 2. The van der Waals surface area contributed by atoms with Crippen LogP contribution in [0.15, 0.2) is 29.4 Å². The van der Waals surface area contributed by atoms with E-state index in [1.165, 1.54) is 11.1 Å². The summed E-state index contributed by atoms with van der Waals surface area (Å²) in [5, 5.41) is 6.62. The van der Waals surface area contributed by atoms with Crippen molar-refractivity contribution in [3.05, 3.63) is 35.4 Å². The summed E-state index contributed by atoms with van der Waals surface area (Å²) < 4.78 is 0. The van der Waals surface area contributed by atoms with Crippen LogP contribution in [0.4, 0.5) is 0 Å². The van der Waals surface area contributed by atoms with Gasteiger partial charge < -0.3 is 4.90 Å². The molecule has 2 rings (SSSR count). The molecule has 1 aliphatic rings. The Labute approximate surface area is 110 Å². The van der Waals surface area contributed by atoms with Gasteiger partial charge in [0.05, 0.1) is 5.54 Å². The molecular weight excluding hydrogens is 222 g/mol. The fourth-order valence-electron chi connectivity index (χ4n) is 2.12. The first-order chi connectivity index (χ1) is 8.47.